The van der Waals surface area contributed by atoms with Crippen LogP contribution in [0, 0.1) is 0 Å². The Hall–Kier alpha value is -1.89. The average molecular weight is 310 g/mol. The molecule has 0 fully saturated rings. The predicted molar refractivity (Wildman–Crippen MR) is 85.9 cm³/mol. The molecule has 0 radical (unpaired) electrons. The fourth-order valence-corrected chi connectivity index (χ4v) is 1.57. The van der Waals surface area contributed by atoms with E-state index in [1.165, 1.54) is 0 Å². The van der Waals surface area contributed by atoms with Crippen LogP contribution in [0.3, 0.4) is 0 Å². The van der Waals surface area contributed by atoms with Gasteiger partial charge in [-0.1, -0.05) is 0 Å². The van der Waals surface area contributed by atoms with Crippen LogP contribution in [0.25, 0.3) is 0 Å². The number of hydrogen-bond donors (Lipinski definition) is 3. The number of ether oxygens (including phenoxy) is 1. The first kappa shape index (κ1) is 17.2. The molecule has 1 aromatic heterocycles. The van der Waals surface area contributed by atoms with Gasteiger partial charge < -0.3 is 20.7 Å². The van der Waals surface area contributed by atoms with Gasteiger partial charge in [0.25, 0.3) is 0 Å². The summed E-state index contributed by atoms with van der Waals surface area (Å²) in [6.45, 7) is 7.07. The summed E-state index contributed by atoms with van der Waals surface area (Å²) in [7, 11) is 0. The van der Waals surface area contributed by atoms with Gasteiger partial charge in [0.2, 0.25) is 0 Å². The smallest absolute Gasteiger partial charge is 0.407 e. The molecule has 0 saturated heterocycles. The van der Waals surface area contributed by atoms with E-state index in [0.717, 1.165) is 5.56 Å². The van der Waals surface area contributed by atoms with Gasteiger partial charge in [0, 0.05) is 32.0 Å². The highest BCUT2D eigenvalue weighted by Crippen LogP contribution is 2.05. The lowest BCUT2D eigenvalue weighted by molar-refractivity contribution is 0.0529. The zero-order chi connectivity index (χ0) is 15.7. The molecule has 1 heterocycles. The first-order chi connectivity index (χ1) is 9.87. The molecule has 0 aliphatic heterocycles. The van der Waals surface area contributed by atoms with Gasteiger partial charge in [-0.3, -0.25) is 4.98 Å². The van der Waals surface area contributed by atoms with Crippen LogP contribution in [0.1, 0.15) is 26.3 Å². The summed E-state index contributed by atoms with van der Waals surface area (Å²) in [5.74, 6) is 0. The van der Waals surface area contributed by atoms with Crippen LogP contribution in [0.4, 0.5) is 4.79 Å². The SMILES string of the molecule is CC(C)(C)OC(=O)NCCNC(=S)NCc1ccncc1. The molecular weight excluding hydrogens is 288 g/mol. The van der Waals surface area contributed by atoms with Crippen molar-refractivity contribution >= 4 is 23.4 Å². The third kappa shape index (κ3) is 8.80. The Balaban J connectivity index is 2.10. The standard InChI is InChI=1S/C14H22N4O2S/c1-14(2,3)20-13(19)17-9-8-16-12(21)18-10-11-4-6-15-7-5-11/h4-7H,8-10H2,1-3H3,(H,17,19)(H2,16,18,21). The summed E-state index contributed by atoms with van der Waals surface area (Å²) in [6, 6.07) is 3.83. The van der Waals surface area contributed by atoms with Crippen molar-refractivity contribution in [2.75, 3.05) is 13.1 Å². The van der Waals surface area contributed by atoms with Crippen molar-refractivity contribution < 1.29 is 9.53 Å². The largest absolute Gasteiger partial charge is 0.444 e. The lowest BCUT2D eigenvalue weighted by Crippen LogP contribution is -2.41. The number of pyridine rings is 1. The highest BCUT2D eigenvalue weighted by Gasteiger charge is 2.15. The van der Waals surface area contributed by atoms with Gasteiger partial charge in [-0.05, 0) is 50.7 Å². The molecular formula is C14H22N4O2S. The third-order valence-corrected chi connectivity index (χ3v) is 2.57. The Bertz CT molecular complexity index is 460. The first-order valence-corrected chi connectivity index (χ1v) is 7.15. The average Bonchev–Trinajstić information content (AvgIpc) is 2.40. The van der Waals surface area contributed by atoms with E-state index in [-0.39, 0.29) is 0 Å². The highest BCUT2D eigenvalue weighted by molar-refractivity contribution is 7.80. The van der Waals surface area contributed by atoms with E-state index in [1.54, 1.807) is 12.4 Å². The topological polar surface area (TPSA) is 75.3 Å². The molecule has 21 heavy (non-hydrogen) atoms. The van der Waals surface area contributed by atoms with E-state index in [9.17, 15) is 4.79 Å². The van der Waals surface area contributed by atoms with Crippen LogP contribution in [0.2, 0.25) is 0 Å². The number of hydrogen-bond acceptors (Lipinski definition) is 4. The summed E-state index contributed by atoms with van der Waals surface area (Å²) in [5, 5.41) is 9.27. The van der Waals surface area contributed by atoms with Crippen LogP contribution in [0.5, 0.6) is 0 Å². The van der Waals surface area contributed by atoms with Crippen molar-refractivity contribution in [2.45, 2.75) is 32.9 Å². The summed E-state index contributed by atoms with van der Waals surface area (Å²) in [6.07, 6.45) is 3.04. The predicted octanol–water partition coefficient (Wildman–Crippen LogP) is 1.57. The molecule has 1 aromatic rings. The van der Waals surface area contributed by atoms with Crippen molar-refractivity contribution in [1.29, 1.82) is 0 Å². The number of rotatable bonds is 5. The maximum Gasteiger partial charge on any atom is 0.407 e. The number of nitrogens with zero attached hydrogens (tertiary/aromatic N) is 1. The Morgan fingerprint density at radius 3 is 2.43 bits per heavy atom. The molecule has 0 aromatic carbocycles. The minimum absolute atomic E-state index is 0.431. The quantitative estimate of drug-likeness (QED) is 0.566. The maximum absolute atomic E-state index is 11.4. The van der Waals surface area contributed by atoms with E-state index in [0.29, 0.717) is 24.7 Å². The molecule has 6 nitrogen and oxygen atoms in total. The first-order valence-electron chi connectivity index (χ1n) is 6.74. The Morgan fingerprint density at radius 1 is 1.19 bits per heavy atom. The van der Waals surface area contributed by atoms with E-state index >= 15 is 0 Å². The zero-order valence-electron chi connectivity index (χ0n) is 12.6. The number of amides is 1. The number of alkyl carbamates (subject to hydrolysis) is 1. The second-order valence-corrected chi connectivity index (χ2v) is 5.80. The van der Waals surface area contributed by atoms with Gasteiger partial charge in [-0.15, -0.1) is 0 Å². The zero-order valence-corrected chi connectivity index (χ0v) is 13.4. The molecule has 0 atom stereocenters. The molecule has 3 N–H and O–H groups in total. The summed E-state index contributed by atoms with van der Waals surface area (Å²) < 4.78 is 5.12. The summed E-state index contributed by atoms with van der Waals surface area (Å²) in [4.78, 5) is 15.3. The van der Waals surface area contributed by atoms with Gasteiger partial charge in [0.05, 0.1) is 0 Å². The third-order valence-electron chi connectivity index (χ3n) is 2.28. The van der Waals surface area contributed by atoms with Crippen LogP contribution in [-0.2, 0) is 11.3 Å². The van der Waals surface area contributed by atoms with Gasteiger partial charge >= 0.3 is 6.09 Å². The van der Waals surface area contributed by atoms with E-state index in [2.05, 4.69) is 20.9 Å². The minimum atomic E-state index is -0.487. The molecule has 0 saturated carbocycles. The molecule has 0 spiro atoms. The van der Waals surface area contributed by atoms with E-state index in [1.807, 2.05) is 32.9 Å². The molecule has 1 rings (SSSR count). The number of nitrogens with one attached hydrogen (secondary N) is 3. The van der Waals surface area contributed by atoms with Crippen LogP contribution in [-0.4, -0.2) is 34.9 Å². The lowest BCUT2D eigenvalue weighted by Gasteiger charge is -2.19. The van der Waals surface area contributed by atoms with Crippen LogP contribution >= 0.6 is 12.2 Å². The normalized spacial score (nSPS) is 10.6. The minimum Gasteiger partial charge on any atom is -0.444 e. The number of thiocarbonyl (C=S) groups is 1. The van der Waals surface area contributed by atoms with Crippen molar-refractivity contribution in [3.63, 3.8) is 0 Å². The molecule has 0 aliphatic carbocycles. The van der Waals surface area contributed by atoms with Crippen molar-refractivity contribution in [2.24, 2.45) is 0 Å². The Labute approximate surface area is 130 Å². The monoisotopic (exact) mass is 310 g/mol. The Kier molecular flexibility index (Phi) is 6.87. The highest BCUT2D eigenvalue weighted by atomic mass is 32.1. The second-order valence-electron chi connectivity index (χ2n) is 5.39. The van der Waals surface area contributed by atoms with Gasteiger partial charge in [0.15, 0.2) is 5.11 Å². The van der Waals surface area contributed by atoms with Gasteiger partial charge in [-0.25, -0.2) is 4.79 Å². The van der Waals surface area contributed by atoms with Crippen molar-refractivity contribution in [3.8, 4) is 0 Å². The molecule has 0 unspecified atom stereocenters. The van der Waals surface area contributed by atoms with Crippen LogP contribution < -0.4 is 16.0 Å². The van der Waals surface area contributed by atoms with E-state index in [4.69, 9.17) is 17.0 Å². The van der Waals surface area contributed by atoms with Crippen molar-refractivity contribution in [1.82, 2.24) is 20.9 Å². The number of carbonyl (C=O) groups is 1. The molecule has 0 bridgehead atoms. The number of carbonyl (C=O) groups excluding carboxylic acids is 1. The fraction of sp³-hybridized carbons (Fsp3) is 0.500. The van der Waals surface area contributed by atoms with Crippen molar-refractivity contribution in [3.05, 3.63) is 30.1 Å². The molecule has 7 heteroatoms. The summed E-state index contributed by atoms with van der Waals surface area (Å²) in [5.41, 5.74) is 0.611. The second kappa shape index (κ2) is 8.41. The van der Waals surface area contributed by atoms with Gasteiger partial charge in [-0.2, -0.15) is 0 Å². The fourth-order valence-electron chi connectivity index (χ4n) is 1.40. The molecule has 116 valence electrons. The Morgan fingerprint density at radius 2 is 1.81 bits per heavy atom. The molecule has 0 aliphatic rings. The van der Waals surface area contributed by atoms with E-state index < -0.39 is 11.7 Å². The maximum atomic E-state index is 11.4. The molecule has 1 amide bonds. The van der Waals surface area contributed by atoms with Gasteiger partial charge in [0.1, 0.15) is 5.60 Å². The summed E-state index contributed by atoms with van der Waals surface area (Å²) >= 11 is 5.14. The lowest BCUT2D eigenvalue weighted by atomic mass is 10.2. The van der Waals surface area contributed by atoms with Crippen LogP contribution in [0.15, 0.2) is 24.5 Å². The number of aromatic nitrogens is 1.